The van der Waals surface area contributed by atoms with Gasteiger partial charge in [-0.2, -0.15) is 0 Å². The van der Waals surface area contributed by atoms with Crippen LogP contribution in [0, 0.1) is 0 Å². The van der Waals surface area contributed by atoms with Crippen molar-refractivity contribution in [1.29, 1.82) is 0 Å². The first-order valence-electron chi connectivity index (χ1n) is 12.7. The summed E-state index contributed by atoms with van der Waals surface area (Å²) in [6.45, 7) is 5.25. The Labute approximate surface area is 218 Å². The first kappa shape index (κ1) is 27.3. The number of thiocarbonyl (C=S) groups is 1. The second kappa shape index (κ2) is 13.7. The minimum Gasteiger partial charge on any atom is -0.462 e. The summed E-state index contributed by atoms with van der Waals surface area (Å²) in [5, 5.41) is 3.32. The van der Waals surface area contributed by atoms with Gasteiger partial charge < -0.3 is 15.0 Å². The average Bonchev–Trinajstić information content (AvgIpc) is 3.09. The topological polar surface area (TPSA) is 79.0 Å². The highest BCUT2D eigenvalue weighted by Gasteiger charge is 2.42. The third-order valence-electron chi connectivity index (χ3n) is 6.15. The zero-order chi connectivity index (χ0) is 25.9. The van der Waals surface area contributed by atoms with Gasteiger partial charge in [-0.15, -0.1) is 0 Å². The third-order valence-corrected chi connectivity index (χ3v) is 6.60. The molecule has 2 aromatic carbocycles. The lowest BCUT2D eigenvalue weighted by Crippen LogP contribution is -2.38. The van der Waals surface area contributed by atoms with Gasteiger partial charge in [-0.25, -0.2) is 4.79 Å². The lowest BCUT2D eigenvalue weighted by Gasteiger charge is -2.24. The molecule has 7 nitrogen and oxygen atoms in total. The van der Waals surface area contributed by atoms with Gasteiger partial charge in [0.05, 0.1) is 25.1 Å². The Balaban J connectivity index is 1.67. The van der Waals surface area contributed by atoms with Crippen molar-refractivity contribution in [2.24, 2.45) is 0 Å². The molecule has 0 aliphatic carbocycles. The highest BCUT2D eigenvalue weighted by atomic mass is 32.1. The molecule has 1 fully saturated rings. The summed E-state index contributed by atoms with van der Waals surface area (Å²) in [5.74, 6) is -0.837. The van der Waals surface area contributed by atoms with E-state index in [9.17, 15) is 14.4 Å². The van der Waals surface area contributed by atoms with Crippen molar-refractivity contribution in [2.45, 2.75) is 65.0 Å². The van der Waals surface area contributed by atoms with Crippen LogP contribution >= 0.6 is 12.2 Å². The van der Waals surface area contributed by atoms with Crippen molar-refractivity contribution >= 4 is 40.8 Å². The molecule has 1 aliphatic heterocycles. The summed E-state index contributed by atoms with van der Waals surface area (Å²) in [6.07, 6.45) is 5.47. The minimum absolute atomic E-state index is 0.00114. The van der Waals surface area contributed by atoms with Crippen LogP contribution in [-0.2, 0) is 20.9 Å². The van der Waals surface area contributed by atoms with Gasteiger partial charge in [-0.3, -0.25) is 14.5 Å². The van der Waals surface area contributed by atoms with Crippen LogP contribution in [0.2, 0.25) is 0 Å². The summed E-state index contributed by atoms with van der Waals surface area (Å²) < 4.78 is 4.99. The van der Waals surface area contributed by atoms with Gasteiger partial charge in [-0.05, 0) is 55.4 Å². The number of nitrogens with zero attached hydrogens (tertiary/aromatic N) is 2. The maximum atomic E-state index is 13.4. The van der Waals surface area contributed by atoms with Gasteiger partial charge in [-0.1, -0.05) is 62.9 Å². The summed E-state index contributed by atoms with van der Waals surface area (Å²) in [7, 11) is 0. The minimum atomic E-state index is -0.633. The highest BCUT2D eigenvalue weighted by Crippen LogP contribution is 2.24. The largest absolute Gasteiger partial charge is 0.462 e. The molecule has 1 aliphatic rings. The molecule has 1 atom stereocenters. The summed E-state index contributed by atoms with van der Waals surface area (Å²) in [5.41, 5.74) is 1.95. The molecule has 36 heavy (non-hydrogen) atoms. The Kier molecular flexibility index (Phi) is 10.4. The van der Waals surface area contributed by atoms with E-state index in [1.54, 1.807) is 36.1 Å². The normalized spacial score (nSPS) is 15.3. The molecule has 0 radical (unpaired) electrons. The number of anilines is 1. The molecule has 2 aromatic rings. The summed E-state index contributed by atoms with van der Waals surface area (Å²) >= 11 is 5.71. The fraction of sp³-hybridized carbons (Fsp3) is 0.429. The van der Waals surface area contributed by atoms with Crippen LogP contribution < -0.4 is 5.32 Å². The lowest BCUT2D eigenvalue weighted by molar-refractivity contribution is -0.131. The Morgan fingerprint density at radius 2 is 1.67 bits per heavy atom. The molecule has 0 aromatic heterocycles. The van der Waals surface area contributed by atoms with E-state index in [-0.39, 0.29) is 18.2 Å². The molecule has 0 spiro atoms. The van der Waals surface area contributed by atoms with Crippen molar-refractivity contribution in [2.75, 3.05) is 18.5 Å². The Morgan fingerprint density at radius 1 is 0.972 bits per heavy atom. The van der Waals surface area contributed by atoms with E-state index in [2.05, 4.69) is 12.2 Å². The van der Waals surface area contributed by atoms with E-state index in [1.165, 1.54) is 6.42 Å². The van der Waals surface area contributed by atoms with E-state index >= 15 is 0 Å². The van der Waals surface area contributed by atoms with Crippen molar-refractivity contribution in [3.05, 3.63) is 65.7 Å². The first-order valence-corrected chi connectivity index (χ1v) is 13.1. The number of amides is 2. The Bertz CT molecular complexity index is 1040. The highest BCUT2D eigenvalue weighted by molar-refractivity contribution is 7.80. The number of carbonyl (C=O) groups is 3. The molecular formula is C28H35N3O4S. The third kappa shape index (κ3) is 7.37. The Morgan fingerprint density at radius 3 is 2.33 bits per heavy atom. The maximum absolute atomic E-state index is 13.4. The molecule has 192 valence electrons. The smallest absolute Gasteiger partial charge is 0.338 e. The predicted molar refractivity (Wildman–Crippen MR) is 144 cm³/mol. The predicted octanol–water partition coefficient (Wildman–Crippen LogP) is 5.16. The van der Waals surface area contributed by atoms with Crippen LogP contribution in [0.15, 0.2) is 54.6 Å². The summed E-state index contributed by atoms with van der Waals surface area (Å²) in [4.78, 5) is 41.7. The number of rotatable bonds is 13. The SMILES string of the molecule is CCCCCCCN1C(=S)N(Cc2ccccc2)C(=O)C1CC(=O)Nc1ccc(C(=O)OCC)cc1. The number of hydrogen-bond acceptors (Lipinski definition) is 5. The zero-order valence-electron chi connectivity index (χ0n) is 21.1. The van der Waals surface area contributed by atoms with Crippen molar-refractivity contribution < 1.29 is 19.1 Å². The quantitative estimate of drug-likeness (QED) is 0.228. The van der Waals surface area contributed by atoms with E-state index in [4.69, 9.17) is 17.0 Å². The molecule has 1 saturated heterocycles. The number of esters is 1. The number of ether oxygens (including phenoxy) is 1. The zero-order valence-corrected chi connectivity index (χ0v) is 21.9. The van der Waals surface area contributed by atoms with E-state index < -0.39 is 12.0 Å². The average molecular weight is 510 g/mol. The van der Waals surface area contributed by atoms with Crippen LogP contribution in [0.25, 0.3) is 0 Å². The van der Waals surface area contributed by atoms with Gasteiger partial charge in [0.15, 0.2) is 5.11 Å². The van der Waals surface area contributed by atoms with Crippen LogP contribution in [0.3, 0.4) is 0 Å². The molecule has 8 heteroatoms. The number of nitrogens with one attached hydrogen (secondary N) is 1. The second-order valence-corrected chi connectivity index (χ2v) is 9.23. The molecule has 0 bridgehead atoms. The maximum Gasteiger partial charge on any atom is 0.338 e. The number of hydrogen-bond donors (Lipinski definition) is 1. The summed E-state index contributed by atoms with van der Waals surface area (Å²) in [6, 6.07) is 15.6. The number of unbranched alkanes of at least 4 members (excludes halogenated alkanes) is 4. The monoisotopic (exact) mass is 509 g/mol. The fourth-order valence-corrected chi connectivity index (χ4v) is 4.61. The molecule has 1 N–H and O–H groups in total. The van der Waals surface area contributed by atoms with Crippen molar-refractivity contribution in [3.63, 3.8) is 0 Å². The molecule has 1 heterocycles. The van der Waals surface area contributed by atoms with E-state index in [0.717, 1.165) is 31.2 Å². The van der Waals surface area contributed by atoms with Gasteiger partial charge in [0, 0.05) is 12.2 Å². The van der Waals surface area contributed by atoms with E-state index in [0.29, 0.717) is 36.1 Å². The van der Waals surface area contributed by atoms with Gasteiger partial charge in [0.25, 0.3) is 5.91 Å². The van der Waals surface area contributed by atoms with Gasteiger partial charge >= 0.3 is 5.97 Å². The van der Waals surface area contributed by atoms with Gasteiger partial charge in [0.2, 0.25) is 5.91 Å². The van der Waals surface area contributed by atoms with Gasteiger partial charge in [0.1, 0.15) is 6.04 Å². The molecule has 3 rings (SSSR count). The molecule has 0 saturated carbocycles. The standard InChI is InChI=1S/C28H35N3O4S/c1-3-5-6-7-11-18-30-24(26(33)31(28(30)36)20-21-12-9-8-10-13-21)19-25(32)29-23-16-14-22(15-17-23)27(34)35-4-2/h8-10,12-17,24H,3-7,11,18-20H2,1-2H3,(H,29,32). The van der Waals surface area contributed by atoms with Crippen LogP contribution in [0.1, 0.15) is 68.3 Å². The number of benzene rings is 2. The Hall–Kier alpha value is -3.26. The lowest BCUT2D eigenvalue weighted by atomic mass is 10.1. The van der Waals surface area contributed by atoms with Crippen molar-refractivity contribution in [1.82, 2.24) is 9.80 Å². The number of carbonyl (C=O) groups excluding carboxylic acids is 3. The second-order valence-electron chi connectivity index (χ2n) is 8.87. The van der Waals surface area contributed by atoms with Crippen LogP contribution in [-0.4, -0.2) is 51.9 Å². The fourth-order valence-electron chi connectivity index (χ4n) is 4.23. The van der Waals surface area contributed by atoms with Crippen molar-refractivity contribution in [3.8, 4) is 0 Å². The van der Waals surface area contributed by atoms with Crippen LogP contribution in [0.5, 0.6) is 0 Å². The first-order chi connectivity index (χ1) is 17.4. The van der Waals surface area contributed by atoms with E-state index in [1.807, 2.05) is 35.2 Å². The molecular weight excluding hydrogens is 474 g/mol. The molecule has 2 amide bonds. The molecule has 1 unspecified atom stereocenters. The van der Waals surface area contributed by atoms with Crippen LogP contribution in [0.4, 0.5) is 5.69 Å².